The van der Waals surface area contributed by atoms with Crippen LogP contribution in [0, 0.1) is 6.92 Å². The molecule has 3 aromatic rings. The standard InChI is InChI=1S/C20H22N4O/c1-3-16-12(2)19(15-6-4-5-7-18(15)23-16)20(25)22-14-8-9-17-13(10-14)11-21-24-17/h4-7,11,14H,3,8-10H2,1-2H3,(H,21,24)(H,22,25)/t14-/m0/s1. The van der Waals surface area contributed by atoms with Gasteiger partial charge in [0.15, 0.2) is 0 Å². The molecule has 2 heterocycles. The van der Waals surface area contributed by atoms with Crippen molar-refractivity contribution < 1.29 is 4.79 Å². The van der Waals surface area contributed by atoms with Crippen molar-refractivity contribution in [3.05, 3.63) is 58.5 Å². The quantitative estimate of drug-likeness (QED) is 0.773. The van der Waals surface area contributed by atoms with Gasteiger partial charge in [0.1, 0.15) is 0 Å². The molecule has 4 rings (SSSR count). The van der Waals surface area contributed by atoms with Crippen molar-refractivity contribution in [2.75, 3.05) is 0 Å². The summed E-state index contributed by atoms with van der Waals surface area (Å²) in [4.78, 5) is 17.8. The average molecular weight is 334 g/mol. The third-order valence-corrected chi connectivity index (χ3v) is 5.15. The Hall–Kier alpha value is -2.69. The molecule has 1 aliphatic carbocycles. The minimum Gasteiger partial charge on any atom is -0.349 e. The van der Waals surface area contributed by atoms with Gasteiger partial charge in [0.2, 0.25) is 0 Å². The number of amides is 1. The highest BCUT2D eigenvalue weighted by atomic mass is 16.1. The van der Waals surface area contributed by atoms with Gasteiger partial charge in [0, 0.05) is 22.8 Å². The SMILES string of the molecule is CCc1nc2ccccc2c(C(=O)N[C@H]2CCc3[nH]ncc3C2)c1C. The van der Waals surface area contributed by atoms with Crippen LogP contribution in [0.3, 0.4) is 0 Å². The Balaban J connectivity index is 1.67. The molecule has 2 aromatic heterocycles. The van der Waals surface area contributed by atoms with Crippen molar-refractivity contribution in [1.29, 1.82) is 0 Å². The van der Waals surface area contributed by atoms with E-state index in [9.17, 15) is 4.79 Å². The number of hydrogen-bond acceptors (Lipinski definition) is 3. The van der Waals surface area contributed by atoms with Crippen LogP contribution in [0.25, 0.3) is 10.9 Å². The van der Waals surface area contributed by atoms with Gasteiger partial charge in [-0.3, -0.25) is 14.9 Å². The third-order valence-electron chi connectivity index (χ3n) is 5.15. The van der Waals surface area contributed by atoms with Crippen LogP contribution in [0.5, 0.6) is 0 Å². The van der Waals surface area contributed by atoms with Gasteiger partial charge in [-0.2, -0.15) is 5.10 Å². The zero-order valence-electron chi connectivity index (χ0n) is 14.6. The second-order valence-corrected chi connectivity index (χ2v) is 6.72. The Morgan fingerprint density at radius 1 is 1.36 bits per heavy atom. The Labute approximate surface area is 146 Å². The Morgan fingerprint density at radius 2 is 2.20 bits per heavy atom. The monoisotopic (exact) mass is 334 g/mol. The van der Waals surface area contributed by atoms with E-state index in [4.69, 9.17) is 4.98 Å². The number of hydrogen-bond donors (Lipinski definition) is 2. The van der Waals surface area contributed by atoms with Crippen LogP contribution in [-0.2, 0) is 19.3 Å². The van der Waals surface area contributed by atoms with E-state index in [1.54, 1.807) is 0 Å². The van der Waals surface area contributed by atoms with Crippen molar-refractivity contribution in [1.82, 2.24) is 20.5 Å². The smallest absolute Gasteiger partial charge is 0.252 e. The number of carbonyl (C=O) groups is 1. The number of nitrogens with zero attached hydrogens (tertiary/aromatic N) is 2. The Bertz CT molecular complexity index is 944. The molecule has 5 nitrogen and oxygen atoms in total. The number of aromatic nitrogens is 3. The molecule has 5 heteroatoms. The summed E-state index contributed by atoms with van der Waals surface area (Å²) in [6, 6.07) is 8.04. The van der Waals surface area contributed by atoms with Crippen LogP contribution in [0.4, 0.5) is 0 Å². The second kappa shape index (κ2) is 6.31. The number of nitrogens with one attached hydrogen (secondary N) is 2. The molecule has 0 bridgehead atoms. The highest BCUT2D eigenvalue weighted by Gasteiger charge is 2.24. The van der Waals surface area contributed by atoms with Crippen LogP contribution in [0.1, 0.15) is 46.2 Å². The van der Waals surface area contributed by atoms with E-state index < -0.39 is 0 Å². The van der Waals surface area contributed by atoms with Crippen molar-refractivity contribution in [3.8, 4) is 0 Å². The third kappa shape index (κ3) is 2.80. The number of fused-ring (bicyclic) bond motifs is 2. The molecular weight excluding hydrogens is 312 g/mol. The summed E-state index contributed by atoms with van der Waals surface area (Å²) in [6.45, 7) is 4.08. The van der Waals surface area contributed by atoms with E-state index in [2.05, 4.69) is 22.4 Å². The fourth-order valence-corrected chi connectivity index (χ4v) is 3.79. The number of benzene rings is 1. The summed E-state index contributed by atoms with van der Waals surface area (Å²) in [6.07, 6.45) is 5.38. The summed E-state index contributed by atoms with van der Waals surface area (Å²) in [7, 11) is 0. The zero-order valence-corrected chi connectivity index (χ0v) is 14.6. The summed E-state index contributed by atoms with van der Waals surface area (Å²) in [5, 5.41) is 11.3. The first-order valence-electron chi connectivity index (χ1n) is 8.87. The number of aromatic amines is 1. The first-order valence-corrected chi connectivity index (χ1v) is 8.87. The molecule has 0 radical (unpaired) electrons. The lowest BCUT2D eigenvalue weighted by atomic mass is 9.92. The van der Waals surface area contributed by atoms with Crippen LogP contribution in [0.15, 0.2) is 30.5 Å². The van der Waals surface area contributed by atoms with Crippen LogP contribution < -0.4 is 5.32 Å². The molecule has 0 spiro atoms. The maximum atomic E-state index is 13.1. The maximum Gasteiger partial charge on any atom is 0.252 e. The summed E-state index contributed by atoms with van der Waals surface area (Å²) in [5.74, 6) is 0.00254. The van der Waals surface area contributed by atoms with Gasteiger partial charge in [-0.05, 0) is 49.8 Å². The van der Waals surface area contributed by atoms with Crippen LogP contribution >= 0.6 is 0 Å². The lowest BCUT2D eigenvalue weighted by Crippen LogP contribution is -2.39. The molecule has 1 atom stereocenters. The van der Waals surface area contributed by atoms with Crippen LogP contribution in [-0.4, -0.2) is 27.1 Å². The molecule has 128 valence electrons. The Kier molecular flexibility index (Phi) is 3.99. The minimum atomic E-state index is 0.00254. The number of H-pyrrole nitrogens is 1. The molecular formula is C20H22N4O. The van der Waals surface area contributed by atoms with Gasteiger partial charge in [0.05, 0.1) is 17.3 Å². The van der Waals surface area contributed by atoms with Gasteiger partial charge < -0.3 is 5.32 Å². The van der Waals surface area contributed by atoms with Gasteiger partial charge in [-0.1, -0.05) is 25.1 Å². The van der Waals surface area contributed by atoms with E-state index >= 15 is 0 Å². The van der Waals surface area contributed by atoms with E-state index in [1.807, 2.05) is 37.4 Å². The molecule has 0 aliphatic heterocycles. The molecule has 1 amide bonds. The normalized spacial score (nSPS) is 16.6. The fourth-order valence-electron chi connectivity index (χ4n) is 3.79. The lowest BCUT2D eigenvalue weighted by molar-refractivity contribution is 0.0934. The van der Waals surface area contributed by atoms with Gasteiger partial charge in [0.25, 0.3) is 5.91 Å². The molecule has 0 unspecified atom stereocenters. The number of rotatable bonds is 3. The van der Waals surface area contributed by atoms with E-state index in [0.29, 0.717) is 0 Å². The van der Waals surface area contributed by atoms with Crippen molar-refractivity contribution in [2.24, 2.45) is 0 Å². The first kappa shape index (κ1) is 15.8. The molecule has 0 saturated carbocycles. The topological polar surface area (TPSA) is 70.7 Å². The Morgan fingerprint density at radius 3 is 3.04 bits per heavy atom. The molecule has 2 N–H and O–H groups in total. The van der Waals surface area contributed by atoms with Gasteiger partial charge in [-0.25, -0.2) is 0 Å². The highest BCUT2D eigenvalue weighted by Crippen LogP contribution is 2.25. The second-order valence-electron chi connectivity index (χ2n) is 6.72. The first-order chi connectivity index (χ1) is 12.2. The molecule has 0 fully saturated rings. The number of pyridine rings is 1. The largest absolute Gasteiger partial charge is 0.349 e. The molecule has 1 aliphatic rings. The summed E-state index contributed by atoms with van der Waals surface area (Å²) < 4.78 is 0. The zero-order chi connectivity index (χ0) is 17.4. The van der Waals surface area contributed by atoms with E-state index in [-0.39, 0.29) is 11.9 Å². The molecule has 0 saturated heterocycles. The van der Waals surface area contributed by atoms with E-state index in [0.717, 1.165) is 53.4 Å². The molecule has 25 heavy (non-hydrogen) atoms. The number of aryl methyl sites for hydroxylation is 2. The average Bonchev–Trinajstić information content (AvgIpc) is 3.08. The molecule has 1 aromatic carbocycles. The summed E-state index contributed by atoms with van der Waals surface area (Å²) in [5.41, 5.74) is 6.03. The number of para-hydroxylation sites is 1. The minimum absolute atomic E-state index is 0.00254. The van der Waals surface area contributed by atoms with E-state index in [1.165, 1.54) is 11.3 Å². The summed E-state index contributed by atoms with van der Waals surface area (Å²) >= 11 is 0. The maximum absolute atomic E-state index is 13.1. The van der Waals surface area contributed by atoms with Crippen molar-refractivity contribution in [2.45, 2.75) is 45.6 Å². The highest BCUT2D eigenvalue weighted by molar-refractivity contribution is 6.07. The fraction of sp³-hybridized carbons (Fsp3) is 0.350. The predicted molar refractivity (Wildman–Crippen MR) is 97.7 cm³/mol. The van der Waals surface area contributed by atoms with Gasteiger partial charge >= 0.3 is 0 Å². The van der Waals surface area contributed by atoms with Crippen molar-refractivity contribution in [3.63, 3.8) is 0 Å². The van der Waals surface area contributed by atoms with Gasteiger partial charge in [-0.15, -0.1) is 0 Å². The van der Waals surface area contributed by atoms with Crippen LogP contribution in [0.2, 0.25) is 0 Å². The van der Waals surface area contributed by atoms with Crippen molar-refractivity contribution >= 4 is 16.8 Å². The predicted octanol–water partition coefficient (Wildman–Crippen LogP) is 3.12. The lowest BCUT2D eigenvalue weighted by Gasteiger charge is -2.24. The number of carbonyl (C=O) groups excluding carboxylic acids is 1.